The van der Waals surface area contributed by atoms with E-state index in [-0.39, 0.29) is 0 Å². The van der Waals surface area contributed by atoms with Crippen LogP contribution < -0.4 is 5.32 Å². The number of thioether (sulfide) groups is 1. The predicted octanol–water partition coefficient (Wildman–Crippen LogP) is 4.89. The molecule has 0 atom stereocenters. The Hall–Kier alpha value is -0.960. The maximum Gasteiger partial charge on any atom is 0.161 e. The Balaban J connectivity index is 1.75. The molecule has 1 heterocycles. The lowest BCUT2D eigenvalue weighted by Gasteiger charge is -2.33. The van der Waals surface area contributed by atoms with Gasteiger partial charge in [-0.15, -0.1) is 0 Å². The number of aliphatic imine (C=N–C) groups is 1. The molecule has 0 saturated heterocycles. The average Bonchev–Trinajstić information content (AvgIpc) is 2.56. The Morgan fingerprint density at radius 3 is 2.71 bits per heavy atom. The van der Waals surface area contributed by atoms with Crippen molar-refractivity contribution in [2.45, 2.75) is 52.4 Å². The first kappa shape index (κ1) is 15.0. The molecule has 0 saturated carbocycles. The smallest absolute Gasteiger partial charge is 0.161 e. The minimum atomic E-state index is 0.423. The van der Waals surface area contributed by atoms with Crippen molar-refractivity contribution in [2.75, 3.05) is 17.6 Å². The van der Waals surface area contributed by atoms with Crippen LogP contribution in [-0.2, 0) is 12.8 Å². The molecule has 0 radical (unpaired) electrons. The first-order chi connectivity index (χ1) is 10.3. The summed E-state index contributed by atoms with van der Waals surface area (Å²) in [5.41, 5.74) is 4.77. The van der Waals surface area contributed by atoms with E-state index in [1.165, 1.54) is 61.1 Å². The van der Waals surface area contributed by atoms with Crippen LogP contribution in [0, 0.1) is 5.41 Å². The van der Waals surface area contributed by atoms with E-state index in [2.05, 4.69) is 37.4 Å². The average molecular weight is 302 g/mol. The van der Waals surface area contributed by atoms with Gasteiger partial charge in [-0.3, -0.25) is 4.99 Å². The maximum atomic E-state index is 4.84. The van der Waals surface area contributed by atoms with Gasteiger partial charge in [-0.1, -0.05) is 37.7 Å². The normalized spacial score (nSPS) is 20.6. The van der Waals surface area contributed by atoms with Gasteiger partial charge in [0.25, 0.3) is 0 Å². The van der Waals surface area contributed by atoms with Crippen molar-refractivity contribution in [1.29, 1.82) is 0 Å². The number of fused-ring (bicyclic) bond motifs is 1. The Morgan fingerprint density at radius 1 is 1.19 bits per heavy atom. The first-order valence-corrected chi connectivity index (χ1v) is 9.30. The van der Waals surface area contributed by atoms with Crippen LogP contribution in [0.25, 0.3) is 0 Å². The number of hydrogen-bond acceptors (Lipinski definition) is 3. The predicted molar refractivity (Wildman–Crippen MR) is 94.5 cm³/mol. The standard InChI is InChI=1S/C18H26N2S/c1-3-18(4-2)12-19-17(21-13-18)20-16-11-7-9-14-8-5-6-10-15(14)16/h7,9,11H,3-6,8,10,12-13H2,1-2H3,(H,19,20). The van der Waals surface area contributed by atoms with Crippen LogP contribution in [-0.4, -0.2) is 17.5 Å². The Kier molecular flexibility index (Phi) is 4.58. The van der Waals surface area contributed by atoms with Gasteiger partial charge in [-0.25, -0.2) is 0 Å². The fourth-order valence-electron chi connectivity index (χ4n) is 3.32. The second-order valence-electron chi connectivity index (χ2n) is 6.39. The van der Waals surface area contributed by atoms with Crippen LogP contribution in [0.4, 0.5) is 5.69 Å². The molecule has 1 aliphatic heterocycles. The van der Waals surface area contributed by atoms with Gasteiger partial charge < -0.3 is 5.32 Å². The molecule has 0 unspecified atom stereocenters. The summed E-state index contributed by atoms with van der Waals surface area (Å²) >= 11 is 1.90. The fourth-order valence-corrected chi connectivity index (χ4v) is 4.60. The van der Waals surface area contributed by atoms with Gasteiger partial charge >= 0.3 is 0 Å². The number of nitrogens with one attached hydrogen (secondary N) is 1. The molecule has 0 bridgehead atoms. The Morgan fingerprint density at radius 2 is 2.00 bits per heavy atom. The van der Waals surface area contributed by atoms with Gasteiger partial charge in [-0.2, -0.15) is 0 Å². The maximum absolute atomic E-state index is 4.84. The quantitative estimate of drug-likeness (QED) is 0.860. The molecule has 0 spiro atoms. The van der Waals surface area contributed by atoms with Crippen molar-refractivity contribution >= 4 is 22.6 Å². The second kappa shape index (κ2) is 6.43. The molecule has 2 nitrogen and oxygen atoms in total. The molecular formula is C18H26N2S. The van der Waals surface area contributed by atoms with Gasteiger partial charge in [0.15, 0.2) is 5.17 Å². The minimum Gasteiger partial charge on any atom is -0.335 e. The number of benzene rings is 1. The summed E-state index contributed by atoms with van der Waals surface area (Å²) in [6, 6.07) is 6.69. The third kappa shape index (κ3) is 3.13. The number of rotatable bonds is 3. The lowest BCUT2D eigenvalue weighted by molar-refractivity contribution is 0.318. The molecule has 1 aliphatic carbocycles. The zero-order chi connectivity index (χ0) is 14.7. The third-order valence-electron chi connectivity index (χ3n) is 5.21. The van der Waals surface area contributed by atoms with Gasteiger partial charge in [0, 0.05) is 18.0 Å². The minimum absolute atomic E-state index is 0.423. The molecule has 1 aromatic rings. The molecule has 1 N–H and O–H groups in total. The van der Waals surface area contributed by atoms with Crippen molar-refractivity contribution in [1.82, 2.24) is 0 Å². The molecule has 0 fully saturated rings. The van der Waals surface area contributed by atoms with E-state index in [9.17, 15) is 0 Å². The van der Waals surface area contributed by atoms with E-state index in [1.54, 1.807) is 0 Å². The SMILES string of the molecule is CCC1(CC)CN=C(Nc2cccc3c2CCCC3)SC1. The molecule has 21 heavy (non-hydrogen) atoms. The summed E-state index contributed by atoms with van der Waals surface area (Å²) in [7, 11) is 0. The van der Waals surface area contributed by atoms with E-state index >= 15 is 0 Å². The molecule has 0 aromatic heterocycles. The van der Waals surface area contributed by atoms with Crippen LogP contribution in [0.5, 0.6) is 0 Å². The summed E-state index contributed by atoms with van der Waals surface area (Å²) in [6.07, 6.45) is 7.56. The Labute approximate surface area is 132 Å². The van der Waals surface area contributed by atoms with E-state index in [1.807, 2.05) is 11.8 Å². The van der Waals surface area contributed by atoms with E-state index in [4.69, 9.17) is 4.99 Å². The van der Waals surface area contributed by atoms with E-state index < -0.39 is 0 Å². The fraction of sp³-hybridized carbons (Fsp3) is 0.611. The highest BCUT2D eigenvalue weighted by atomic mass is 32.2. The molecule has 3 heteroatoms. The number of amidine groups is 1. The summed E-state index contributed by atoms with van der Waals surface area (Å²) in [5, 5.41) is 4.73. The lowest BCUT2D eigenvalue weighted by atomic mass is 9.84. The molecule has 0 amide bonds. The third-order valence-corrected chi connectivity index (χ3v) is 6.47. The van der Waals surface area contributed by atoms with Crippen molar-refractivity contribution in [3.63, 3.8) is 0 Å². The first-order valence-electron chi connectivity index (χ1n) is 8.31. The highest BCUT2D eigenvalue weighted by Crippen LogP contribution is 2.36. The number of aryl methyl sites for hydroxylation is 1. The monoisotopic (exact) mass is 302 g/mol. The molecule has 1 aromatic carbocycles. The van der Waals surface area contributed by atoms with Crippen molar-refractivity contribution in [2.24, 2.45) is 10.4 Å². The van der Waals surface area contributed by atoms with Crippen LogP contribution in [0.2, 0.25) is 0 Å². The van der Waals surface area contributed by atoms with Crippen molar-refractivity contribution < 1.29 is 0 Å². The molecule has 3 rings (SSSR count). The second-order valence-corrected chi connectivity index (χ2v) is 7.36. The highest BCUT2D eigenvalue weighted by Gasteiger charge is 2.30. The molecule has 2 aliphatic rings. The largest absolute Gasteiger partial charge is 0.335 e. The summed E-state index contributed by atoms with van der Waals surface area (Å²) < 4.78 is 0. The van der Waals surface area contributed by atoms with Gasteiger partial charge in [0.2, 0.25) is 0 Å². The van der Waals surface area contributed by atoms with Crippen LogP contribution in [0.15, 0.2) is 23.2 Å². The van der Waals surface area contributed by atoms with Gasteiger partial charge in [0.1, 0.15) is 0 Å². The number of hydrogen-bond donors (Lipinski definition) is 1. The summed E-state index contributed by atoms with van der Waals surface area (Å²) in [4.78, 5) is 4.84. The number of anilines is 1. The van der Waals surface area contributed by atoms with E-state index in [0.717, 1.165) is 11.7 Å². The topological polar surface area (TPSA) is 24.4 Å². The zero-order valence-corrected chi connectivity index (χ0v) is 14.1. The van der Waals surface area contributed by atoms with Crippen LogP contribution in [0.1, 0.15) is 50.7 Å². The number of nitrogens with zero attached hydrogens (tertiary/aromatic N) is 1. The van der Waals surface area contributed by atoms with Crippen LogP contribution >= 0.6 is 11.8 Å². The van der Waals surface area contributed by atoms with Gasteiger partial charge in [-0.05, 0) is 61.1 Å². The van der Waals surface area contributed by atoms with Gasteiger partial charge in [0.05, 0.1) is 0 Å². The van der Waals surface area contributed by atoms with Crippen LogP contribution in [0.3, 0.4) is 0 Å². The summed E-state index contributed by atoms with van der Waals surface area (Å²) in [5.74, 6) is 1.20. The summed E-state index contributed by atoms with van der Waals surface area (Å²) in [6.45, 7) is 5.57. The lowest BCUT2D eigenvalue weighted by Crippen LogP contribution is -2.32. The molecule has 114 valence electrons. The zero-order valence-electron chi connectivity index (χ0n) is 13.2. The van der Waals surface area contributed by atoms with E-state index in [0.29, 0.717) is 5.41 Å². The molecular weight excluding hydrogens is 276 g/mol. The highest BCUT2D eigenvalue weighted by molar-refractivity contribution is 8.14. The van der Waals surface area contributed by atoms with Crippen molar-refractivity contribution in [3.05, 3.63) is 29.3 Å². The van der Waals surface area contributed by atoms with Crippen molar-refractivity contribution in [3.8, 4) is 0 Å². The Bertz CT molecular complexity index is 532.